The molecular formula is C12H17BrN2OS. The van der Waals surface area contributed by atoms with Gasteiger partial charge in [-0.25, -0.2) is 0 Å². The molecule has 0 saturated carbocycles. The summed E-state index contributed by atoms with van der Waals surface area (Å²) in [6, 6.07) is 2.70. The number of aryl methyl sites for hydroxylation is 1. The first-order valence-corrected chi connectivity index (χ1v) is 7.39. The molecule has 2 unspecified atom stereocenters. The number of carbonyl (C=O) groups excluding carboxylic acids is 1. The summed E-state index contributed by atoms with van der Waals surface area (Å²) in [4.78, 5) is 15.1. The number of piperazine rings is 1. The number of amides is 1. The largest absolute Gasteiger partial charge is 0.335 e. The highest BCUT2D eigenvalue weighted by Gasteiger charge is 2.26. The van der Waals surface area contributed by atoms with Crippen molar-refractivity contribution < 1.29 is 4.79 Å². The van der Waals surface area contributed by atoms with Crippen molar-refractivity contribution >= 4 is 33.2 Å². The minimum atomic E-state index is 0.156. The van der Waals surface area contributed by atoms with Crippen molar-refractivity contribution in [2.45, 2.75) is 32.9 Å². The van der Waals surface area contributed by atoms with E-state index in [-0.39, 0.29) is 5.91 Å². The molecule has 1 aliphatic heterocycles. The van der Waals surface area contributed by atoms with Gasteiger partial charge in [-0.05, 0) is 48.3 Å². The maximum atomic E-state index is 12.3. The van der Waals surface area contributed by atoms with Crippen LogP contribution in [0, 0.1) is 6.92 Å². The standard InChI is InChI=1S/C12H17BrN2OS/c1-7-4-10(17-11(7)13)12(16)15-5-8(2)14-9(3)6-15/h4,8-9,14H,5-6H2,1-3H3. The van der Waals surface area contributed by atoms with Crippen LogP contribution in [0.3, 0.4) is 0 Å². The molecule has 1 aromatic rings. The third kappa shape index (κ3) is 2.89. The number of carbonyl (C=O) groups is 1. The molecule has 1 aromatic heterocycles. The predicted molar refractivity (Wildman–Crippen MR) is 74.7 cm³/mol. The van der Waals surface area contributed by atoms with E-state index in [2.05, 4.69) is 35.1 Å². The monoisotopic (exact) mass is 316 g/mol. The molecule has 3 nitrogen and oxygen atoms in total. The Kier molecular flexibility index (Phi) is 3.90. The van der Waals surface area contributed by atoms with Gasteiger partial charge in [0.25, 0.3) is 5.91 Å². The summed E-state index contributed by atoms with van der Waals surface area (Å²) in [6.07, 6.45) is 0. The molecule has 0 bridgehead atoms. The third-order valence-electron chi connectivity index (χ3n) is 2.91. The van der Waals surface area contributed by atoms with Crippen LogP contribution in [0.15, 0.2) is 9.85 Å². The quantitative estimate of drug-likeness (QED) is 0.864. The highest BCUT2D eigenvalue weighted by Crippen LogP contribution is 2.28. The molecule has 0 aromatic carbocycles. The van der Waals surface area contributed by atoms with Crippen molar-refractivity contribution in [2.75, 3.05) is 13.1 Å². The second-order valence-electron chi connectivity index (χ2n) is 4.75. The first-order chi connectivity index (χ1) is 7.97. The maximum Gasteiger partial charge on any atom is 0.264 e. The SMILES string of the molecule is Cc1cc(C(=O)N2CC(C)NC(C)C2)sc1Br. The molecule has 1 N–H and O–H groups in total. The van der Waals surface area contributed by atoms with Crippen LogP contribution in [0.25, 0.3) is 0 Å². The van der Waals surface area contributed by atoms with E-state index in [1.165, 1.54) is 11.3 Å². The third-order valence-corrected chi connectivity index (χ3v) is 5.04. The minimum absolute atomic E-state index is 0.156. The van der Waals surface area contributed by atoms with Crippen LogP contribution in [-0.4, -0.2) is 36.0 Å². The van der Waals surface area contributed by atoms with Gasteiger partial charge in [-0.15, -0.1) is 11.3 Å². The average molecular weight is 317 g/mol. The Balaban J connectivity index is 2.14. The first-order valence-electron chi connectivity index (χ1n) is 5.78. The molecule has 2 heterocycles. The number of nitrogens with one attached hydrogen (secondary N) is 1. The molecule has 0 aliphatic carbocycles. The second-order valence-corrected chi connectivity index (χ2v) is 7.12. The number of halogens is 1. The number of hydrogen-bond donors (Lipinski definition) is 1. The van der Waals surface area contributed by atoms with E-state index < -0.39 is 0 Å². The lowest BCUT2D eigenvalue weighted by Crippen LogP contribution is -2.55. The van der Waals surface area contributed by atoms with E-state index in [1.54, 1.807) is 0 Å². The molecule has 94 valence electrons. The molecule has 2 rings (SSSR count). The Morgan fingerprint density at radius 2 is 2.06 bits per heavy atom. The first kappa shape index (κ1) is 13.1. The Morgan fingerprint density at radius 1 is 1.47 bits per heavy atom. The van der Waals surface area contributed by atoms with Crippen molar-refractivity contribution in [3.05, 3.63) is 20.3 Å². The molecule has 1 aliphatic rings. The molecule has 1 fully saturated rings. The van der Waals surface area contributed by atoms with Crippen molar-refractivity contribution in [3.8, 4) is 0 Å². The van der Waals surface area contributed by atoms with E-state index in [0.717, 1.165) is 27.3 Å². The van der Waals surface area contributed by atoms with Crippen molar-refractivity contribution in [1.82, 2.24) is 10.2 Å². The summed E-state index contributed by atoms with van der Waals surface area (Å²) < 4.78 is 1.05. The van der Waals surface area contributed by atoms with Crippen molar-refractivity contribution in [3.63, 3.8) is 0 Å². The molecule has 1 saturated heterocycles. The average Bonchev–Trinajstić information content (AvgIpc) is 2.57. The molecular weight excluding hydrogens is 300 g/mol. The fraction of sp³-hybridized carbons (Fsp3) is 0.583. The Hall–Kier alpha value is -0.390. The van der Waals surface area contributed by atoms with Gasteiger partial charge in [0.2, 0.25) is 0 Å². The molecule has 17 heavy (non-hydrogen) atoms. The topological polar surface area (TPSA) is 32.3 Å². The normalized spacial score (nSPS) is 25.1. The van der Waals surface area contributed by atoms with Crippen LogP contribution < -0.4 is 5.32 Å². The van der Waals surface area contributed by atoms with E-state index in [9.17, 15) is 4.79 Å². The van der Waals surface area contributed by atoms with Gasteiger partial charge in [0.05, 0.1) is 8.66 Å². The Morgan fingerprint density at radius 3 is 2.53 bits per heavy atom. The van der Waals surface area contributed by atoms with E-state index in [4.69, 9.17) is 0 Å². The molecule has 0 radical (unpaired) electrons. The molecule has 2 atom stereocenters. The number of thiophene rings is 1. The zero-order chi connectivity index (χ0) is 12.6. The summed E-state index contributed by atoms with van der Waals surface area (Å²) in [5, 5.41) is 3.43. The zero-order valence-corrected chi connectivity index (χ0v) is 12.7. The lowest BCUT2D eigenvalue weighted by atomic mass is 10.1. The van der Waals surface area contributed by atoms with Gasteiger partial charge in [-0.2, -0.15) is 0 Å². The smallest absolute Gasteiger partial charge is 0.264 e. The van der Waals surface area contributed by atoms with Crippen molar-refractivity contribution in [2.24, 2.45) is 0 Å². The van der Waals surface area contributed by atoms with Crippen LogP contribution in [0.5, 0.6) is 0 Å². The van der Waals surface area contributed by atoms with Crippen LogP contribution in [0.4, 0.5) is 0 Å². The molecule has 5 heteroatoms. The number of rotatable bonds is 1. The van der Waals surface area contributed by atoms with Gasteiger partial charge < -0.3 is 10.2 Å². The van der Waals surface area contributed by atoms with Gasteiger partial charge in [0.15, 0.2) is 0 Å². The van der Waals surface area contributed by atoms with E-state index in [0.29, 0.717) is 12.1 Å². The van der Waals surface area contributed by atoms with Gasteiger partial charge in [0.1, 0.15) is 0 Å². The van der Waals surface area contributed by atoms with Gasteiger partial charge >= 0.3 is 0 Å². The van der Waals surface area contributed by atoms with Gasteiger partial charge in [0, 0.05) is 25.2 Å². The molecule has 1 amide bonds. The Bertz CT molecular complexity index is 403. The summed E-state index contributed by atoms with van der Waals surface area (Å²) in [5.74, 6) is 0.156. The van der Waals surface area contributed by atoms with Crippen LogP contribution in [0.2, 0.25) is 0 Å². The highest BCUT2D eigenvalue weighted by atomic mass is 79.9. The van der Waals surface area contributed by atoms with Crippen LogP contribution in [0.1, 0.15) is 29.1 Å². The predicted octanol–water partition coefficient (Wildman–Crippen LogP) is 2.64. The zero-order valence-electron chi connectivity index (χ0n) is 10.3. The Labute approximate surface area is 114 Å². The summed E-state index contributed by atoms with van der Waals surface area (Å²) >= 11 is 4.99. The highest BCUT2D eigenvalue weighted by molar-refractivity contribution is 9.11. The summed E-state index contributed by atoms with van der Waals surface area (Å²) in [6.45, 7) is 7.83. The minimum Gasteiger partial charge on any atom is -0.335 e. The van der Waals surface area contributed by atoms with E-state index in [1.807, 2.05) is 17.9 Å². The van der Waals surface area contributed by atoms with Gasteiger partial charge in [-0.1, -0.05) is 0 Å². The summed E-state index contributed by atoms with van der Waals surface area (Å²) in [7, 11) is 0. The summed E-state index contributed by atoms with van der Waals surface area (Å²) in [5.41, 5.74) is 1.13. The fourth-order valence-corrected chi connectivity index (χ4v) is 3.72. The maximum absolute atomic E-state index is 12.3. The van der Waals surface area contributed by atoms with E-state index >= 15 is 0 Å². The van der Waals surface area contributed by atoms with Crippen LogP contribution in [-0.2, 0) is 0 Å². The second kappa shape index (κ2) is 5.08. The van der Waals surface area contributed by atoms with Crippen molar-refractivity contribution in [1.29, 1.82) is 0 Å². The lowest BCUT2D eigenvalue weighted by molar-refractivity contribution is 0.0678. The lowest BCUT2D eigenvalue weighted by Gasteiger charge is -2.35. The number of nitrogens with zero attached hydrogens (tertiary/aromatic N) is 1. The molecule has 0 spiro atoms. The fourth-order valence-electron chi connectivity index (χ4n) is 2.21. The van der Waals surface area contributed by atoms with Gasteiger partial charge in [-0.3, -0.25) is 4.79 Å². The number of hydrogen-bond acceptors (Lipinski definition) is 3. The van der Waals surface area contributed by atoms with Crippen LogP contribution >= 0.6 is 27.3 Å².